The fraction of sp³-hybridized carbons (Fsp3) is 0.467. The molecule has 1 aliphatic rings. The number of hydrogen-bond donors (Lipinski definition) is 3. The lowest BCUT2D eigenvalue weighted by Crippen LogP contribution is -2.37. The summed E-state index contributed by atoms with van der Waals surface area (Å²) in [6.45, 7) is 3.13. The Labute approximate surface area is 124 Å². The number of methoxy groups -OCH3 is 1. The lowest BCUT2D eigenvalue weighted by atomic mass is 9.99. The Bertz CT molecular complexity index is 525. The molecule has 0 bridgehead atoms. The van der Waals surface area contributed by atoms with Crippen LogP contribution in [-0.4, -0.2) is 32.0 Å². The molecule has 6 nitrogen and oxygen atoms in total. The second kappa shape index (κ2) is 7.08. The third-order valence-electron chi connectivity index (χ3n) is 3.45. The highest BCUT2D eigenvalue weighted by Gasteiger charge is 2.21. The summed E-state index contributed by atoms with van der Waals surface area (Å²) in [4.78, 5) is 23.3. The average molecular weight is 291 g/mol. The molecule has 1 aromatic carbocycles. The van der Waals surface area contributed by atoms with Crippen LogP contribution in [0.4, 0.5) is 11.4 Å². The number of carbonyl (C=O) groups excluding carboxylic acids is 2. The van der Waals surface area contributed by atoms with Crippen molar-refractivity contribution in [3.05, 3.63) is 18.2 Å². The van der Waals surface area contributed by atoms with Crippen molar-refractivity contribution in [2.45, 2.75) is 19.8 Å². The molecule has 0 spiro atoms. The molecule has 1 atom stereocenters. The second-order valence-electron chi connectivity index (χ2n) is 5.13. The molecule has 1 saturated heterocycles. The molecule has 2 amide bonds. The molecule has 1 heterocycles. The van der Waals surface area contributed by atoms with Gasteiger partial charge < -0.3 is 20.7 Å². The predicted octanol–water partition coefficient (Wildman–Crippen LogP) is 1.59. The Morgan fingerprint density at radius 1 is 1.33 bits per heavy atom. The van der Waals surface area contributed by atoms with Crippen LogP contribution in [0.3, 0.4) is 0 Å². The van der Waals surface area contributed by atoms with E-state index < -0.39 is 0 Å². The van der Waals surface area contributed by atoms with Gasteiger partial charge in [-0.25, -0.2) is 0 Å². The van der Waals surface area contributed by atoms with Gasteiger partial charge in [0.15, 0.2) is 0 Å². The SMILES string of the molecule is COc1cc(NC(=O)[C@H]2CCCNC2)ccc1NC(C)=O. The second-order valence-corrected chi connectivity index (χ2v) is 5.13. The summed E-state index contributed by atoms with van der Waals surface area (Å²) in [5.74, 6) is 0.361. The van der Waals surface area contributed by atoms with Gasteiger partial charge in [0.25, 0.3) is 0 Å². The molecule has 0 aromatic heterocycles. The Morgan fingerprint density at radius 2 is 2.14 bits per heavy atom. The molecule has 3 N–H and O–H groups in total. The van der Waals surface area contributed by atoms with E-state index in [1.165, 1.54) is 14.0 Å². The number of rotatable bonds is 4. The van der Waals surface area contributed by atoms with Crippen LogP contribution in [0.2, 0.25) is 0 Å². The van der Waals surface area contributed by atoms with Gasteiger partial charge in [-0.15, -0.1) is 0 Å². The molecular weight excluding hydrogens is 270 g/mol. The standard InChI is InChI=1S/C15H21N3O3/c1-10(19)17-13-6-5-12(8-14(13)21-2)18-15(20)11-4-3-7-16-9-11/h5-6,8,11,16H,3-4,7,9H2,1-2H3,(H,17,19)(H,18,20)/t11-/m0/s1. The van der Waals surface area contributed by atoms with E-state index >= 15 is 0 Å². The quantitative estimate of drug-likeness (QED) is 0.787. The zero-order valence-corrected chi connectivity index (χ0v) is 12.4. The Morgan fingerprint density at radius 3 is 2.76 bits per heavy atom. The first-order valence-corrected chi connectivity index (χ1v) is 7.07. The summed E-state index contributed by atoms with van der Waals surface area (Å²) in [6, 6.07) is 5.18. The highest BCUT2D eigenvalue weighted by molar-refractivity contribution is 5.94. The van der Waals surface area contributed by atoms with Gasteiger partial charge in [-0.05, 0) is 31.5 Å². The smallest absolute Gasteiger partial charge is 0.228 e. The molecule has 1 aliphatic heterocycles. The van der Waals surface area contributed by atoms with Crippen molar-refractivity contribution in [3.63, 3.8) is 0 Å². The van der Waals surface area contributed by atoms with Crippen molar-refractivity contribution >= 4 is 23.2 Å². The monoisotopic (exact) mass is 291 g/mol. The van der Waals surface area contributed by atoms with Crippen LogP contribution < -0.4 is 20.7 Å². The molecular formula is C15H21N3O3. The fourth-order valence-electron chi connectivity index (χ4n) is 2.38. The van der Waals surface area contributed by atoms with Crippen LogP contribution >= 0.6 is 0 Å². The number of carbonyl (C=O) groups is 2. The number of nitrogens with one attached hydrogen (secondary N) is 3. The van der Waals surface area contributed by atoms with Gasteiger partial charge in [0.1, 0.15) is 5.75 Å². The third-order valence-corrected chi connectivity index (χ3v) is 3.45. The molecule has 21 heavy (non-hydrogen) atoms. The van der Waals surface area contributed by atoms with Crippen LogP contribution in [0, 0.1) is 5.92 Å². The zero-order chi connectivity index (χ0) is 15.2. The van der Waals surface area contributed by atoms with E-state index in [0.29, 0.717) is 23.7 Å². The Kier molecular flexibility index (Phi) is 5.16. The molecule has 0 saturated carbocycles. The number of ether oxygens (including phenoxy) is 1. The molecule has 0 radical (unpaired) electrons. The van der Waals surface area contributed by atoms with Gasteiger partial charge in [0.2, 0.25) is 11.8 Å². The van der Waals surface area contributed by atoms with E-state index in [1.807, 2.05) is 0 Å². The number of benzene rings is 1. The average Bonchev–Trinajstić information content (AvgIpc) is 2.49. The topological polar surface area (TPSA) is 79.5 Å². The van der Waals surface area contributed by atoms with Crippen molar-refractivity contribution in [2.24, 2.45) is 5.92 Å². The van der Waals surface area contributed by atoms with Crippen LogP contribution in [0.5, 0.6) is 5.75 Å². The van der Waals surface area contributed by atoms with Crippen molar-refractivity contribution in [1.82, 2.24) is 5.32 Å². The maximum atomic E-state index is 12.2. The highest BCUT2D eigenvalue weighted by Crippen LogP contribution is 2.28. The summed E-state index contributed by atoms with van der Waals surface area (Å²) in [5, 5.41) is 8.80. The van der Waals surface area contributed by atoms with E-state index in [2.05, 4.69) is 16.0 Å². The highest BCUT2D eigenvalue weighted by atomic mass is 16.5. The molecule has 1 fully saturated rings. The molecule has 2 rings (SSSR count). The first-order chi connectivity index (χ1) is 10.1. The summed E-state index contributed by atoms with van der Waals surface area (Å²) in [6.07, 6.45) is 1.92. The van der Waals surface area contributed by atoms with Crippen LogP contribution in [0.1, 0.15) is 19.8 Å². The van der Waals surface area contributed by atoms with Crippen molar-refractivity contribution in [3.8, 4) is 5.75 Å². The van der Waals surface area contributed by atoms with E-state index in [4.69, 9.17) is 4.74 Å². The Hall–Kier alpha value is -2.08. The van der Waals surface area contributed by atoms with Gasteiger partial charge >= 0.3 is 0 Å². The summed E-state index contributed by atoms with van der Waals surface area (Å²) < 4.78 is 5.24. The van der Waals surface area contributed by atoms with E-state index in [1.54, 1.807) is 18.2 Å². The minimum absolute atomic E-state index is 0.000217. The van der Waals surface area contributed by atoms with Gasteiger partial charge in [0.05, 0.1) is 18.7 Å². The van der Waals surface area contributed by atoms with Crippen LogP contribution in [0.25, 0.3) is 0 Å². The molecule has 1 aromatic rings. The number of piperidine rings is 1. The number of amides is 2. The first kappa shape index (κ1) is 15.3. The van der Waals surface area contributed by atoms with Gasteiger partial charge in [-0.3, -0.25) is 9.59 Å². The van der Waals surface area contributed by atoms with E-state index in [9.17, 15) is 9.59 Å². The minimum atomic E-state index is -0.168. The predicted molar refractivity (Wildman–Crippen MR) is 81.5 cm³/mol. The van der Waals surface area contributed by atoms with Gasteiger partial charge in [-0.2, -0.15) is 0 Å². The van der Waals surface area contributed by atoms with Crippen molar-refractivity contribution in [2.75, 3.05) is 30.8 Å². The normalized spacial score (nSPS) is 17.9. The zero-order valence-electron chi connectivity index (χ0n) is 12.4. The fourth-order valence-corrected chi connectivity index (χ4v) is 2.38. The van der Waals surface area contributed by atoms with Crippen LogP contribution in [0.15, 0.2) is 18.2 Å². The summed E-state index contributed by atoms with van der Waals surface area (Å²) in [7, 11) is 1.53. The van der Waals surface area contributed by atoms with E-state index in [0.717, 1.165) is 19.4 Å². The largest absolute Gasteiger partial charge is 0.494 e. The lowest BCUT2D eigenvalue weighted by molar-refractivity contribution is -0.120. The lowest BCUT2D eigenvalue weighted by Gasteiger charge is -2.22. The first-order valence-electron chi connectivity index (χ1n) is 7.07. The molecule has 0 aliphatic carbocycles. The van der Waals surface area contributed by atoms with Gasteiger partial charge in [0, 0.05) is 25.2 Å². The summed E-state index contributed by atoms with van der Waals surface area (Å²) in [5.41, 5.74) is 1.25. The summed E-state index contributed by atoms with van der Waals surface area (Å²) >= 11 is 0. The Balaban J connectivity index is 2.06. The third kappa shape index (κ3) is 4.19. The van der Waals surface area contributed by atoms with E-state index in [-0.39, 0.29) is 17.7 Å². The van der Waals surface area contributed by atoms with Crippen LogP contribution in [-0.2, 0) is 9.59 Å². The number of hydrogen-bond acceptors (Lipinski definition) is 4. The van der Waals surface area contributed by atoms with Crippen molar-refractivity contribution in [1.29, 1.82) is 0 Å². The minimum Gasteiger partial charge on any atom is -0.494 e. The number of anilines is 2. The molecule has 0 unspecified atom stereocenters. The van der Waals surface area contributed by atoms with Crippen molar-refractivity contribution < 1.29 is 14.3 Å². The van der Waals surface area contributed by atoms with Gasteiger partial charge in [-0.1, -0.05) is 0 Å². The maximum absolute atomic E-state index is 12.2. The molecule has 6 heteroatoms. The molecule has 114 valence electrons. The maximum Gasteiger partial charge on any atom is 0.228 e.